The maximum atomic E-state index is 13.7. The topological polar surface area (TPSA) is 79.1 Å². The number of thiazole rings is 1. The predicted molar refractivity (Wildman–Crippen MR) is 145 cm³/mol. The van der Waals surface area contributed by atoms with Crippen molar-refractivity contribution < 1.29 is 19.0 Å². The lowest BCUT2D eigenvalue weighted by Crippen LogP contribution is -2.40. The van der Waals surface area contributed by atoms with E-state index in [4.69, 9.17) is 14.2 Å². The van der Waals surface area contributed by atoms with Gasteiger partial charge in [-0.15, -0.1) is 0 Å². The second-order valence-corrected chi connectivity index (χ2v) is 9.40. The monoisotopic (exact) mass is 518 g/mol. The number of rotatable bonds is 10. The molecule has 0 spiro atoms. The van der Waals surface area contributed by atoms with Gasteiger partial charge in [-0.2, -0.15) is 0 Å². The highest BCUT2D eigenvalue weighted by molar-refractivity contribution is 7.07. The van der Waals surface area contributed by atoms with Crippen molar-refractivity contribution in [2.75, 3.05) is 26.9 Å². The Morgan fingerprint density at radius 1 is 1.08 bits per heavy atom. The molecule has 37 heavy (non-hydrogen) atoms. The first-order chi connectivity index (χ1) is 18.0. The minimum Gasteiger partial charge on any atom is -0.493 e. The summed E-state index contributed by atoms with van der Waals surface area (Å²) in [6, 6.07) is 16.6. The zero-order valence-corrected chi connectivity index (χ0v) is 22.0. The van der Waals surface area contributed by atoms with Crippen LogP contribution in [-0.4, -0.2) is 37.5 Å². The van der Waals surface area contributed by atoms with Crippen LogP contribution in [0.5, 0.6) is 5.75 Å². The van der Waals surface area contributed by atoms with Gasteiger partial charge >= 0.3 is 5.97 Å². The van der Waals surface area contributed by atoms with Gasteiger partial charge in [0.05, 0.1) is 29.0 Å². The van der Waals surface area contributed by atoms with Crippen LogP contribution < -0.4 is 19.6 Å². The molecule has 0 bridgehead atoms. The summed E-state index contributed by atoms with van der Waals surface area (Å²) in [6.45, 7) is 4.67. The van der Waals surface area contributed by atoms with E-state index < -0.39 is 12.0 Å². The zero-order chi connectivity index (χ0) is 26.2. The van der Waals surface area contributed by atoms with Crippen molar-refractivity contribution in [3.05, 3.63) is 103 Å². The first-order valence-electron chi connectivity index (χ1n) is 12.2. The Balaban J connectivity index is 1.84. The third kappa shape index (κ3) is 5.98. The summed E-state index contributed by atoms with van der Waals surface area (Å²) in [5.41, 5.74) is 2.32. The number of allylic oxidation sites excluding steroid dienone is 2. The van der Waals surface area contributed by atoms with Gasteiger partial charge in [-0.25, -0.2) is 9.79 Å². The second-order valence-electron chi connectivity index (χ2n) is 8.39. The molecule has 1 aliphatic heterocycles. The van der Waals surface area contributed by atoms with E-state index in [0.717, 1.165) is 12.0 Å². The third-order valence-corrected chi connectivity index (χ3v) is 6.77. The zero-order valence-electron chi connectivity index (χ0n) is 21.2. The van der Waals surface area contributed by atoms with Crippen molar-refractivity contribution in [2.45, 2.75) is 26.3 Å². The third-order valence-electron chi connectivity index (χ3n) is 5.77. The number of nitrogens with zero attached hydrogens (tertiary/aromatic N) is 2. The lowest BCUT2D eigenvalue weighted by atomic mass is 9.95. The molecule has 7 nitrogen and oxygen atoms in total. The van der Waals surface area contributed by atoms with Crippen LogP contribution in [0, 0.1) is 0 Å². The van der Waals surface area contributed by atoms with E-state index in [1.54, 1.807) is 24.7 Å². The summed E-state index contributed by atoms with van der Waals surface area (Å²) in [4.78, 5) is 32.1. The molecule has 1 atom stereocenters. The minimum atomic E-state index is -0.736. The highest BCUT2D eigenvalue weighted by atomic mass is 32.1. The van der Waals surface area contributed by atoms with Crippen LogP contribution in [0.15, 0.2) is 81.7 Å². The number of carbonyl (C=O) groups is 1. The van der Waals surface area contributed by atoms with Crippen LogP contribution in [0.4, 0.5) is 0 Å². The number of para-hydroxylation sites is 1. The summed E-state index contributed by atoms with van der Waals surface area (Å²) in [7, 11) is 1.54. The summed E-state index contributed by atoms with van der Waals surface area (Å²) >= 11 is 1.29. The molecule has 3 aromatic rings. The highest BCUT2D eigenvalue weighted by Crippen LogP contribution is 2.35. The van der Waals surface area contributed by atoms with Gasteiger partial charge in [-0.05, 0) is 31.1 Å². The summed E-state index contributed by atoms with van der Waals surface area (Å²) in [6.07, 6.45) is 6.39. The Labute approximate surface area is 219 Å². The number of aromatic nitrogens is 1. The molecule has 0 radical (unpaired) electrons. The fourth-order valence-corrected chi connectivity index (χ4v) is 5.05. The van der Waals surface area contributed by atoms with Crippen LogP contribution in [-0.2, 0) is 14.3 Å². The Morgan fingerprint density at radius 3 is 2.59 bits per heavy atom. The molecule has 1 aliphatic rings. The van der Waals surface area contributed by atoms with Crippen molar-refractivity contribution in [1.29, 1.82) is 0 Å². The van der Waals surface area contributed by atoms with Crippen LogP contribution in [0.1, 0.15) is 37.4 Å². The first-order valence-corrected chi connectivity index (χ1v) is 13.0. The van der Waals surface area contributed by atoms with Gasteiger partial charge in [-0.1, -0.05) is 78.9 Å². The van der Waals surface area contributed by atoms with E-state index >= 15 is 0 Å². The summed E-state index contributed by atoms with van der Waals surface area (Å²) in [5.74, 6) is 0.0802. The highest BCUT2D eigenvalue weighted by Gasteiger charge is 2.35. The smallest absolute Gasteiger partial charge is 0.338 e. The van der Waals surface area contributed by atoms with Crippen LogP contribution in [0.3, 0.4) is 0 Å². The first kappa shape index (κ1) is 26.3. The lowest BCUT2D eigenvalue weighted by molar-refractivity contribution is -0.140. The van der Waals surface area contributed by atoms with Gasteiger partial charge in [0.2, 0.25) is 0 Å². The van der Waals surface area contributed by atoms with Gasteiger partial charge in [0.25, 0.3) is 5.56 Å². The number of fused-ring (bicyclic) bond motifs is 1. The van der Waals surface area contributed by atoms with Crippen LogP contribution in [0.2, 0.25) is 0 Å². The second kappa shape index (κ2) is 12.5. The molecule has 0 amide bonds. The van der Waals surface area contributed by atoms with Gasteiger partial charge in [0.1, 0.15) is 18.4 Å². The molecule has 1 aromatic heterocycles. The van der Waals surface area contributed by atoms with Crippen LogP contribution in [0.25, 0.3) is 12.2 Å². The summed E-state index contributed by atoms with van der Waals surface area (Å²) < 4.78 is 18.6. The van der Waals surface area contributed by atoms with E-state index in [1.807, 2.05) is 73.7 Å². The minimum absolute atomic E-state index is 0.0987. The average Bonchev–Trinajstić information content (AvgIpc) is 3.22. The standard InChI is InChI=1S/C29H30N2O5S/c1-4-17-35-23-15-9-8-14-22(23)26-25(28(33)36-19-18-34-3)20(2)30-29-31(26)27(32)24(37-29)16-10-13-21-11-6-5-7-12-21/h5-16,26H,4,17-19H2,1-3H3/b13-10+,24-16+/t26-/m1/s1. The number of methoxy groups -OCH3 is 1. The van der Waals surface area contributed by atoms with Gasteiger partial charge < -0.3 is 14.2 Å². The summed E-state index contributed by atoms with van der Waals surface area (Å²) in [5, 5.41) is 0. The molecule has 2 aromatic carbocycles. The van der Waals surface area contributed by atoms with E-state index in [0.29, 0.717) is 38.5 Å². The number of esters is 1. The van der Waals surface area contributed by atoms with E-state index in [1.165, 1.54) is 11.3 Å². The molecule has 192 valence electrons. The maximum Gasteiger partial charge on any atom is 0.338 e. The molecule has 0 unspecified atom stereocenters. The molecule has 2 heterocycles. The van der Waals surface area contributed by atoms with Gasteiger partial charge in [-0.3, -0.25) is 9.36 Å². The fourth-order valence-electron chi connectivity index (χ4n) is 4.05. The normalized spacial score (nSPS) is 15.5. The molecule has 0 aliphatic carbocycles. The Bertz CT molecular complexity index is 1480. The van der Waals surface area contributed by atoms with Crippen molar-refractivity contribution in [3.8, 4) is 5.75 Å². The predicted octanol–water partition coefficient (Wildman–Crippen LogP) is 3.88. The maximum absolute atomic E-state index is 13.7. The molecule has 8 heteroatoms. The molecule has 0 saturated carbocycles. The molecule has 0 fully saturated rings. The van der Waals surface area contributed by atoms with E-state index in [9.17, 15) is 9.59 Å². The van der Waals surface area contributed by atoms with Crippen molar-refractivity contribution in [2.24, 2.45) is 4.99 Å². The van der Waals surface area contributed by atoms with Crippen molar-refractivity contribution >= 4 is 29.5 Å². The number of hydrogen-bond acceptors (Lipinski definition) is 7. The largest absolute Gasteiger partial charge is 0.493 e. The number of hydrogen-bond donors (Lipinski definition) is 0. The molecular weight excluding hydrogens is 488 g/mol. The van der Waals surface area contributed by atoms with E-state index in [-0.39, 0.29) is 18.8 Å². The van der Waals surface area contributed by atoms with Crippen LogP contribution >= 0.6 is 11.3 Å². The Kier molecular flexibility index (Phi) is 8.87. The quantitative estimate of drug-likeness (QED) is 0.301. The number of carbonyl (C=O) groups excluding carboxylic acids is 1. The average molecular weight is 519 g/mol. The van der Waals surface area contributed by atoms with E-state index in [2.05, 4.69) is 4.99 Å². The lowest BCUT2D eigenvalue weighted by Gasteiger charge is -2.26. The Hall–Kier alpha value is -3.75. The SMILES string of the molecule is CCCOc1ccccc1[C@@H]1C(C(=O)OCCOC)=C(C)N=c2s/c(=C/C=C/c3ccccc3)c(=O)n21. The Morgan fingerprint density at radius 2 is 1.84 bits per heavy atom. The number of benzene rings is 2. The molecule has 0 saturated heterocycles. The molecular formula is C29H30N2O5S. The number of ether oxygens (including phenoxy) is 3. The van der Waals surface area contributed by atoms with Crippen molar-refractivity contribution in [1.82, 2.24) is 4.57 Å². The fraction of sp³-hybridized carbons (Fsp3) is 0.276. The molecule has 4 rings (SSSR count). The molecule has 0 N–H and O–H groups in total. The van der Waals surface area contributed by atoms with Gasteiger partial charge in [0, 0.05) is 12.7 Å². The van der Waals surface area contributed by atoms with Crippen molar-refractivity contribution in [3.63, 3.8) is 0 Å². The van der Waals surface area contributed by atoms with Gasteiger partial charge in [0.15, 0.2) is 4.80 Å².